The third-order valence-corrected chi connectivity index (χ3v) is 4.41. The predicted octanol–water partition coefficient (Wildman–Crippen LogP) is 0.00950. The molecule has 1 aliphatic heterocycles. The highest BCUT2D eigenvalue weighted by Gasteiger charge is 2.23. The number of hydrogen-bond donors (Lipinski definition) is 1. The summed E-state index contributed by atoms with van der Waals surface area (Å²) >= 11 is 0. The zero-order valence-corrected chi connectivity index (χ0v) is 11.0. The SMILES string of the molecule is Cl.O=S1(=O)CCN(c2ncc3cn[nH]c3n2)CC1. The first kappa shape index (κ1) is 13.0. The summed E-state index contributed by atoms with van der Waals surface area (Å²) in [5, 5.41) is 7.48. The second-order valence-electron chi connectivity index (χ2n) is 3.98. The Balaban J connectivity index is 0.00000120. The molecule has 3 heterocycles. The van der Waals surface area contributed by atoms with Gasteiger partial charge in [-0.3, -0.25) is 5.10 Å². The molecule has 0 atom stereocenters. The third-order valence-electron chi connectivity index (χ3n) is 2.81. The van der Waals surface area contributed by atoms with Crippen LogP contribution >= 0.6 is 12.4 Å². The highest BCUT2D eigenvalue weighted by Crippen LogP contribution is 2.15. The minimum Gasteiger partial charge on any atom is -0.339 e. The van der Waals surface area contributed by atoms with Crippen molar-refractivity contribution in [1.29, 1.82) is 0 Å². The number of nitrogens with one attached hydrogen (secondary N) is 1. The fraction of sp³-hybridized carbons (Fsp3) is 0.444. The summed E-state index contributed by atoms with van der Waals surface area (Å²) in [5.41, 5.74) is 0.670. The highest BCUT2D eigenvalue weighted by molar-refractivity contribution is 7.91. The van der Waals surface area contributed by atoms with Crippen molar-refractivity contribution in [3.8, 4) is 0 Å². The van der Waals surface area contributed by atoms with E-state index in [2.05, 4.69) is 20.2 Å². The van der Waals surface area contributed by atoms with E-state index in [-0.39, 0.29) is 23.9 Å². The number of halogens is 1. The summed E-state index contributed by atoms with van der Waals surface area (Å²) in [5.74, 6) is 0.881. The van der Waals surface area contributed by atoms with E-state index in [1.54, 1.807) is 12.4 Å². The number of anilines is 1. The molecular weight excluding hydrogens is 278 g/mol. The largest absolute Gasteiger partial charge is 0.339 e. The van der Waals surface area contributed by atoms with E-state index in [0.29, 0.717) is 24.7 Å². The van der Waals surface area contributed by atoms with E-state index in [1.807, 2.05) is 4.90 Å². The molecule has 2 aromatic rings. The van der Waals surface area contributed by atoms with Crippen LogP contribution in [-0.2, 0) is 9.84 Å². The minimum absolute atomic E-state index is 0. The molecule has 1 N–H and O–H groups in total. The van der Waals surface area contributed by atoms with Gasteiger partial charge in [0.15, 0.2) is 15.5 Å². The molecule has 0 bridgehead atoms. The number of hydrogen-bond acceptors (Lipinski definition) is 6. The zero-order valence-electron chi connectivity index (χ0n) is 9.40. The summed E-state index contributed by atoms with van der Waals surface area (Å²) in [6.45, 7) is 0.893. The average Bonchev–Trinajstić information content (AvgIpc) is 2.76. The Morgan fingerprint density at radius 3 is 2.67 bits per heavy atom. The normalized spacial score (nSPS) is 18.6. The molecule has 3 rings (SSSR count). The van der Waals surface area contributed by atoms with Gasteiger partial charge in [-0.1, -0.05) is 0 Å². The van der Waals surface area contributed by atoms with Gasteiger partial charge in [0, 0.05) is 19.3 Å². The predicted molar refractivity (Wildman–Crippen MR) is 69.8 cm³/mol. The molecule has 0 saturated carbocycles. The molecule has 0 spiro atoms. The summed E-state index contributed by atoms with van der Waals surface area (Å²) in [4.78, 5) is 10.4. The molecule has 0 radical (unpaired) electrons. The molecule has 98 valence electrons. The van der Waals surface area contributed by atoms with Crippen molar-refractivity contribution in [2.75, 3.05) is 29.5 Å². The van der Waals surface area contributed by atoms with Gasteiger partial charge in [-0.05, 0) is 0 Å². The Kier molecular flexibility index (Phi) is 3.40. The molecule has 0 unspecified atom stereocenters. The Hall–Kier alpha value is -1.41. The number of aromatic amines is 1. The van der Waals surface area contributed by atoms with E-state index < -0.39 is 9.84 Å². The molecule has 0 amide bonds. The smallest absolute Gasteiger partial charge is 0.227 e. The van der Waals surface area contributed by atoms with Crippen molar-refractivity contribution in [2.45, 2.75) is 0 Å². The Morgan fingerprint density at radius 1 is 1.22 bits per heavy atom. The number of H-pyrrole nitrogens is 1. The lowest BCUT2D eigenvalue weighted by Crippen LogP contribution is -2.41. The fourth-order valence-corrected chi connectivity index (χ4v) is 2.99. The van der Waals surface area contributed by atoms with Gasteiger partial charge in [0.1, 0.15) is 0 Å². The van der Waals surface area contributed by atoms with Crippen LogP contribution in [0.2, 0.25) is 0 Å². The quantitative estimate of drug-likeness (QED) is 0.795. The molecule has 0 aromatic carbocycles. The van der Waals surface area contributed by atoms with Gasteiger partial charge in [0.25, 0.3) is 0 Å². The van der Waals surface area contributed by atoms with Crippen molar-refractivity contribution in [3.63, 3.8) is 0 Å². The van der Waals surface area contributed by atoms with E-state index in [0.717, 1.165) is 5.39 Å². The van der Waals surface area contributed by atoms with Gasteiger partial charge in [0.2, 0.25) is 5.95 Å². The van der Waals surface area contributed by atoms with Crippen LogP contribution < -0.4 is 4.90 Å². The molecule has 9 heteroatoms. The molecule has 1 fully saturated rings. The van der Waals surface area contributed by atoms with Crippen molar-refractivity contribution < 1.29 is 8.42 Å². The van der Waals surface area contributed by atoms with Crippen LogP contribution in [0.3, 0.4) is 0 Å². The standard InChI is InChI=1S/C9H11N5O2S.ClH/c15-17(16)3-1-14(2-4-17)9-10-5-7-6-11-13-8(7)12-9;/h5-6H,1-4H2,(H,10,11,12,13);1H. The van der Waals surface area contributed by atoms with Gasteiger partial charge in [-0.25, -0.2) is 13.4 Å². The maximum atomic E-state index is 11.3. The van der Waals surface area contributed by atoms with Gasteiger partial charge in [-0.15, -0.1) is 12.4 Å². The Bertz CT molecular complexity index is 642. The Labute approximate surface area is 110 Å². The molecule has 0 aliphatic carbocycles. The Morgan fingerprint density at radius 2 is 1.94 bits per heavy atom. The molecule has 2 aromatic heterocycles. The van der Waals surface area contributed by atoms with Crippen molar-refractivity contribution in [3.05, 3.63) is 12.4 Å². The van der Waals surface area contributed by atoms with Crippen LogP contribution in [0, 0.1) is 0 Å². The van der Waals surface area contributed by atoms with Crippen molar-refractivity contribution >= 4 is 39.2 Å². The monoisotopic (exact) mass is 289 g/mol. The second-order valence-corrected chi connectivity index (χ2v) is 6.29. The van der Waals surface area contributed by atoms with Crippen molar-refractivity contribution in [1.82, 2.24) is 20.2 Å². The zero-order chi connectivity index (χ0) is 11.9. The molecular formula is C9H12ClN5O2S. The number of nitrogens with zero attached hydrogens (tertiary/aromatic N) is 4. The van der Waals surface area contributed by atoms with Crippen LogP contribution in [0.1, 0.15) is 0 Å². The van der Waals surface area contributed by atoms with Crippen LogP contribution in [0.5, 0.6) is 0 Å². The second kappa shape index (κ2) is 4.69. The van der Waals surface area contributed by atoms with E-state index >= 15 is 0 Å². The average molecular weight is 290 g/mol. The van der Waals surface area contributed by atoms with Gasteiger partial charge in [-0.2, -0.15) is 10.1 Å². The van der Waals surface area contributed by atoms with Crippen LogP contribution in [0.25, 0.3) is 11.0 Å². The molecule has 7 nitrogen and oxygen atoms in total. The van der Waals surface area contributed by atoms with Crippen LogP contribution in [0.15, 0.2) is 12.4 Å². The van der Waals surface area contributed by atoms with Gasteiger partial charge in [0.05, 0.1) is 23.1 Å². The first-order valence-electron chi connectivity index (χ1n) is 5.25. The number of sulfone groups is 1. The lowest BCUT2D eigenvalue weighted by molar-refractivity contribution is 0.585. The molecule has 1 saturated heterocycles. The minimum atomic E-state index is -2.87. The molecule has 1 aliphatic rings. The fourth-order valence-electron chi connectivity index (χ4n) is 1.79. The number of rotatable bonds is 1. The van der Waals surface area contributed by atoms with Gasteiger partial charge >= 0.3 is 0 Å². The van der Waals surface area contributed by atoms with Crippen LogP contribution in [0.4, 0.5) is 5.95 Å². The van der Waals surface area contributed by atoms with Crippen LogP contribution in [-0.4, -0.2) is 53.2 Å². The number of aromatic nitrogens is 4. The summed E-state index contributed by atoms with van der Waals surface area (Å²) in [6.07, 6.45) is 3.34. The summed E-state index contributed by atoms with van der Waals surface area (Å²) in [6, 6.07) is 0. The van der Waals surface area contributed by atoms with Gasteiger partial charge < -0.3 is 4.90 Å². The van der Waals surface area contributed by atoms with Crippen molar-refractivity contribution in [2.24, 2.45) is 0 Å². The highest BCUT2D eigenvalue weighted by atomic mass is 35.5. The lowest BCUT2D eigenvalue weighted by Gasteiger charge is -2.26. The lowest BCUT2D eigenvalue weighted by atomic mass is 10.4. The molecule has 18 heavy (non-hydrogen) atoms. The topological polar surface area (TPSA) is 91.8 Å². The first-order valence-corrected chi connectivity index (χ1v) is 7.08. The summed E-state index contributed by atoms with van der Waals surface area (Å²) in [7, 11) is -2.87. The van der Waals surface area contributed by atoms with E-state index in [4.69, 9.17) is 0 Å². The summed E-state index contributed by atoms with van der Waals surface area (Å²) < 4.78 is 22.6. The first-order chi connectivity index (χ1) is 8.14. The van der Waals surface area contributed by atoms with E-state index in [1.165, 1.54) is 0 Å². The maximum absolute atomic E-state index is 11.3. The maximum Gasteiger partial charge on any atom is 0.227 e. The van der Waals surface area contributed by atoms with E-state index in [9.17, 15) is 8.42 Å². The third kappa shape index (κ3) is 2.39. The number of fused-ring (bicyclic) bond motifs is 1.